The number of nitrogens with zero attached hydrogens (tertiary/aromatic N) is 2. The fraction of sp³-hybridized carbons (Fsp3) is 0.174. The van der Waals surface area contributed by atoms with Crippen LogP contribution < -0.4 is 19.1 Å². The summed E-state index contributed by atoms with van der Waals surface area (Å²) in [4.78, 5) is 22.7. The lowest BCUT2D eigenvalue weighted by molar-refractivity contribution is -0.385. The maximum absolute atomic E-state index is 13.3. The number of sulfonamides is 1. The van der Waals surface area contributed by atoms with Crippen LogP contribution in [0.2, 0.25) is 0 Å². The highest BCUT2D eigenvalue weighted by molar-refractivity contribution is 7.92. The SMILES string of the molecule is CC1CN(S(=O)(=O)c2ccc(NC(=O)COc3ccccc3[N+](=O)[O-])cc2)c2ccccc2O1. The first-order valence-corrected chi connectivity index (χ1v) is 11.7. The molecule has 1 N–H and O–H groups in total. The lowest BCUT2D eigenvalue weighted by atomic mass is 10.2. The van der Waals surface area contributed by atoms with Crippen LogP contribution in [0.5, 0.6) is 11.5 Å². The lowest BCUT2D eigenvalue weighted by Crippen LogP contribution is -2.42. The topological polar surface area (TPSA) is 128 Å². The van der Waals surface area contributed by atoms with Gasteiger partial charge in [0, 0.05) is 11.8 Å². The summed E-state index contributed by atoms with van der Waals surface area (Å²) in [6.45, 7) is 1.51. The molecule has 11 heteroatoms. The van der Waals surface area contributed by atoms with Gasteiger partial charge in [-0.05, 0) is 49.4 Å². The Morgan fingerprint density at radius 1 is 1.12 bits per heavy atom. The van der Waals surface area contributed by atoms with E-state index in [9.17, 15) is 23.3 Å². The van der Waals surface area contributed by atoms with Gasteiger partial charge >= 0.3 is 5.69 Å². The molecule has 10 nitrogen and oxygen atoms in total. The van der Waals surface area contributed by atoms with Crippen molar-refractivity contribution in [1.29, 1.82) is 0 Å². The highest BCUT2D eigenvalue weighted by Gasteiger charge is 2.32. The van der Waals surface area contributed by atoms with E-state index in [-0.39, 0.29) is 29.0 Å². The van der Waals surface area contributed by atoms with E-state index in [0.717, 1.165) is 0 Å². The number of hydrogen-bond donors (Lipinski definition) is 1. The number of nitro groups is 1. The van der Waals surface area contributed by atoms with Gasteiger partial charge in [0.15, 0.2) is 12.4 Å². The van der Waals surface area contributed by atoms with Crippen LogP contribution in [0.15, 0.2) is 77.7 Å². The smallest absolute Gasteiger partial charge is 0.310 e. The molecule has 1 atom stereocenters. The summed E-state index contributed by atoms with van der Waals surface area (Å²) < 4.78 is 38.9. The van der Waals surface area contributed by atoms with E-state index < -0.39 is 27.5 Å². The van der Waals surface area contributed by atoms with E-state index in [1.54, 1.807) is 37.3 Å². The average molecular weight is 484 g/mol. The number of amides is 1. The molecule has 1 amide bonds. The molecule has 0 aliphatic carbocycles. The van der Waals surface area contributed by atoms with E-state index in [1.807, 2.05) is 0 Å². The van der Waals surface area contributed by atoms with Gasteiger partial charge in [-0.2, -0.15) is 0 Å². The first-order chi connectivity index (χ1) is 16.3. The van der Waals surface area contributed by atoms with Crippen molar-refractivity contribution in [2.75, 3.05) is 22.8 Å². The Kier molecular flexibility index (Phi) is 6.37. The number of carbonyl (C=O) groups is 1. The molecule has 1 heterocycles. The number of fused-ring (bicyclic) bond motifs is 1. The van der Waals surface area contributed by atoms with Gasteiger partial charge in [0.1, 0.15) is 11.9 Å². The number of anilines is 2. The predicted octanol–water partition coefficient (Wildman–Crippen LogP) is 3.59. The fourth-order valence-corrected chi connectivity index (χ4v) is 5.03. The molecule has 1 unspecified atom stereocenters. The van der Waals surface area contributed by atoms with Crippen LogP contribution in [-0.2, 0) is 14.8 Å². The minimum Gasteiger partial charge on any atom is -0.487 e. The molecule has 3 aromatic carbocycles. The molecule has 0 saturated heterocycles. The van der Waals surface area contributed by atoms with Crippen molar-refractivity contribution >= 4 is 33.0 Å². The van der Waals surface area contributed by atoms with Crippen molar-refractivity contribution in [3.05, 3.63) is 82.9 Å². The van der Waals surface area contributed by atoms with Crippen LogP contribution in [0.25, 0.3) is 0 Å². The van der Waals surface area contributed by atoms with Gasteiger partial charge in [0.25, 0.3) is 15.9 Å². The molecule has 0 fully saturated rings. The second kappa shape index (κ2) is 9.40. The summed E-state index contributed by atoms with van der Waals surface area (Å²) in [5.41, 5.74) is 0.569. The molecule has 0 radical (unpaired) electrons. The third kappa shape index (κ3) is 4.79. The summed E-state index contributed by atoms with van der Waals surface area (Å²) in [7, 11) is -3.86. The summed E-state index contributed by atoms with van der Waals surface area (Å²) in [5, 5.41) is 13.6. The number of para-hydroxylation sites is 4. The summed E-state index contributed by atoms with van der Waals surface area (Å²) in [6, 6.07) is 18.4. The highest BCUT2D eigenvalue weighted by atomic mass is 32.2. The molecule has 0 bridgehead atoms. The van der Waals surface area contributed by atoms with Gasteiger partial charge in [0.05, 0.1) is 22.1 Å². The normalized spacial score (nSPS) is 15.1. The highest BCUT2D eigenvalue weighted by Crippen LogP contribution is 2.36. The molecule has 4 rings (SSSR count). The van der Waals surface area contributed by atoms with Gasteiger partial charge in [-0.3, -0.25) is 19.2 Å². The van der Waals surface area contributed by atoms with Crippen LogP contribution in [0.1, 0.15) is 6.92 Å². The van der Waals surface area contributed by atoms with E-state index >= 15 is 0 Å². The number of nitro benzene ring substituents is 1. The second-order valence-corrected chi connectivity index (χ2v) is 9.38. The summed E-state index contributed by atoms with van der Waals surface area (Å²) in [6.07, 6.45) is -0.316. The number of hydrogen-bond acceptors (Lipinski definition) is 7. The zero-order valence-corrected chi connectivity index (χ0v) is 18.9. The number of rotatable bonds is 7. The van der Waals surface area contributed by atoms with Gasteiger partial charge < -0.3 is 14.8 Å². The fourth-order valence-electron chi connectivity index (χ4n) is 3.48. The number of nitrogens with one attached hydrogen (secondary N) is 1. The molecule has 34 heavy (non-hydrogen) atoms. The summed E-state index contributed by atoms with van der Waals surface area (Å²) >= 11 is 0. The van der Waals surface area contributed by atoms with Crippen molar-refractivity contribution in [3.63, 3.8) is 0 Å². The van der Waals surface area contributed by atoms with Crippen molar-refractivity contribution in [1.82, 2.24) is 0 Å². The third-order valence-corrected chi connectivity index (χ3v) is 6.83. The minimum atomic E-state index is -3.86. The van der Waals surface area contributed by atoms with Crippen LogP contribution in [0.4, 0.5) is 17.1 Å². The molecular formula is C23H21N3O7S. The first-order valence-electron chi connectivity index (χ1n) is 10.3. The maximum Gasteiger partial charge on any atom is 0.310 e. The maximum atomic E-state index is 13.3. The Hall–Kier alpha value is -4.12. The monoisotopic (exact) mass is 483 g/mol. The predicted molar refractivity (Wildman–Crippen MR) is 125 cm³/mol. The Bertz CT molecular complexity index is 1330. The van der Waals surface area contributed by atoms with Gasteiger partial charge in [-0.15, -0.1) is 0 Å². The van der Waals surface area contributed by atoms with Crippen LogP contribution >= 0.6 is 0 Å². The molecule has 176 valence electrons. The second-order valence-electron chi connectivity index (χ2n) is 7.52. The van der Waals surface area contributed by atoms with E-state index in [0.29, 0.717) is 17.1 Å². The lowest BCUT2D eigenvalue weighted by Gasteiger charge is -2.34. The molecule has 3 aromatic rings. The van der Waals surface area contributed by atoms with Gasteiger partial charge in [0.2, 0.25) is 0 Å². The molecular weight excluding hydrogens is 462 g/mol. The minimum absolute atomic E-state index is 0.0240. The molecule has 0 spiro atoms. The number of ether oxygens (including phenoxy) is 2. The van der Waals surface area contributed by atoms with Crippen LogP contribution in [-0.4, -0.2) is 38.5 Å². The first kappa shape index (κ1) is 23.1. The molecule has 1 aliphatic rings. The van der Waals surface area contributed by atoms with Crippen LogP contribution in [0, 0.1) is 10.1 Å². The standard InChI is InChI=1S/C23H21N3O7S/c1-16-14-25(19-6-2-5-9-22(19)33-16)34(30,31)18-12-10-17(11-13-18)24-23(27)15-32-21-8-4-3-7-20(21)26(28)29/h2-13,16H,14-15H2,1H3,(H,24,27). The van der Waals surface area contributed by atoms with E-state index in [2.05, 4.69) is 5.32 Å². The molecule has 0 saturated carbocycles. The largest absolute Gasteiger partial charge is 0.487 e. The van der Waals surface area contributed by atoms with E-state index in [1.165, 1.54) is 46.8 Å². The Morgan fingerprint density at radius 2 is 1.79 bits per heavy atom. The van der Waals surface area contributed by atoms with Crippen molar-refractivity contribution < 1.29 is 27.6 Å². The zero-order valence-electron chi connectivity index (χ0n) is 18.1. The number of benzene rings is 3. The zero-order chi connectivity index (χ0) is 24.3. The summed E-state index contributed by atoms with van der Waals surface area (Å²) in [5.74, 6) is -0.0823. The Morgan fingerprint density at radius 3 is 2.53 bits per heavy atom. The van der Waals surface area contributed by atoms with Crippen molar-refractivity contribution in [2.24, 2.45) is 0 Å². The van der Waals surface area contributed by atoms with Crippen LogP contribution in [0.3, 0.4) is 0 Å². The molecule has 1 aliphatic heterocycles. The third-order valence-electron chi connectivity index (χ3n) is 5.03. The van der Waals surface area contributed by atoms with Gasteiger partial charge in [-0.1, -0.05) is 24.3 Å². The Balaban J connectivity index is 1.44. The Labute approximate surface area is 195 Å². The van der Waals surface area contributed by atoms with E-state index in [4.69, 9.17) is 9.47 Å². The average Bonchev–Trinajstić information content (AvgIpc) is 2.82. The molecule has 0 aromatic heterocycles. The van der Waals surface area contributed by atoms with Crippen molar-refractivity contribution in [2.45, 2.75) is 17.9 Å². The number of carbonyl (C=O) groups excluding carboxylic acids is 1. The quantitative estimate of drug-likeness (QED) is 0.402. The van der Waals surface area contributed by atoms with Crippen molar-refractivity contribution in [3.8, 4) is 11.5 Å². The van der Waals surface area contributed by atoms with Gasteiger partial charge in [-0.25, -0.2) is 8.42 Å².